The van der Waals surface area contributed by atoms with Crippen molar-refractivity contribution >= 4 is 29.9 Å². The molecule has 1 heterocycles. The molecule has 0 saturated carbocycles. The summed E-state index contributed by atoms with van der Waals surface area (Å²) >= 11 is 0. The first-order chi connectivity index (χ1) is 10.1. The lowest BCUT2D eigenvalue weighted by atomic mass is 10.2. The van der Waals surface area contributed by atoms with Crippen LogP contribution in [0.25, 0.3) is 0 Å². The van der Waals surface area contributed by atoms with Crippen molar-refractivity contribution in [2.24, 2.45) is 16.6 Å². The van der Waals surface area contributed by atoms with Crippen molar-refractivity contribution in [1.29, 1.82) is 0 Å². The number of morpholine rings is 1. The molecule has 1 aromatic rings. The largest absolute Gasteiger partial charge is 0.493 e. The lowest BCUT2D eigenvalue weighted by Crippen LogP contribution is -2.44. The van der Waals surface area contributed by atoms with Crippen LogP contribution in [0, 0.1) is 5.92 Å². The third kappa shape index (κ3) is 6.39. The number of rotatable bonds is 5. The Kier molecular flexibility index (Phi) is 8.55. The normalized spacial score (nSPS) is 15.6. The molecule has 0 radical (unpaired) electrons. The summed E-state index contributed by atoms with van der Waals surface area (Å²) in [7, 11) is 0. The van der Waals surface area contributed by atoms with Crippen LogP contribution in [0.4, 0.5) is 0 Å². The number of nitrogens with zero attached hydrogens (tertiary/aromatic N) is 2. The first-order valence-corrected chi connectivity index (χ1v) is 7.49. The lowest BCUT2D eigenvalue weighted by Gasteiger charge is -2.27. The Balaban J connectivity index is 0.00000242. The number of hydrogen-bond acceptors (Lipinski definition) is 3. The summed E-state index contributed by atoms with van der Waals surface area (Å²) in [6.45, 7) is 8.68. The molecular formula is C16H26IN3O2. The average molecular weight is 419 g/mol. The molecule has 0 aliphatic carbocycles. The molecule has 5 nitrogen and oxygen atoms in total. The molecule has 0 amide bonds. The molecule has 22 heavy (non-hydrogen) atoms. The van der Waals surface area contributed by atoms with Gasteiger partial charge in [-0.25, -0.2) is 4.99 Å². The molecular weight excluding hydrogens is 393 g/mol. The zero-order chi connectivity index (χ0) is 15.1. The minimum Gasteiger partial charge on any atom is -0.493 e. The molecule has 6 heteroatoms. The van der Waals surface area contributed by atoms with Gasteiger partial charge in [-0.1, -0.05) is 26.0 Å². The van der Waals surface area contributed by atoms with Gasteiger partial charge in [-0.15, -0.1) is 24.0 Å². The Labute approximate surface area is 149 Å². The fourth-order valence-electron chi connectivity index (χ4n) is 2.02. The highest BCUT2D eigenvalue weighted by Crippen LogP contribution is 2.14. The standard InChI is InChI=1S/C16H25N3O2.HI/c1-13(2)12-21-15-5-3-14(4-6-15)11-18-16(17)19-7-9-20-10-8-19;/h3-6,13H,7-12H2,1-2H3,(H2,17,18);1H. The lowest BCUT2D eigenvalue weighted by molar-refractivity contribution is 0.0674. The summed E-state index contributed by atoms with van der Waals surface area (Å²) in [5.74, 6) is 2.03. The summed E-state index contributed by atoms with van der Waals surface area (Å²) in [5.41, 5.74) is 7.13. The molecule has 1 aliphatic rings. The predicted molar refractivity (Wildman–Crippen MR) is 99.9 cm³/mol. The van der Waals surface area contributed by atoms with Gasteiger partial charge in [0, 0.05) is 13.1 Å². The number of guanidine groups is 1. The SMILES string of the molecule is CC(C)COc1ccc(CN=C(N)N2CCOCC2)cc1.I. The Bertz CT molecular complexity index is 457. The van der Waals surface area contributed by atoms with Crippen molar-refractivity contribution in [3.8, 4) is 5.75 Å². The second-order valence-electron chi connectivity index (χ2n) is 5.62. The van der Waals surface area contributed by atoms with E-state index in [0.717, 1.165) is 44.2 Å². The van der Waals surface area contributed by atoms with Gasteiger partial charge in [0.05, 0.1) is 26.4 Å². The first kappa shape index (κ1) is 19.0. The van der Waals surface area contributed by atoms with Crippen LogP contribution in [0.1, 0.15) is 19.4 Å². The summed E-state index contributed by atoms with van der Waals surface area (Å²) in [6.07, 6.45) is 0. The number of halogens is 1. The van der Waals surface area contributed by atoms with Crippen LogP contribution in [-0.4, -0.2) is 43.8 Å². The second-order valence-corrected chi connectivity index (χ2v) is 5.62. The predicted octanol–water partition coefficient (Wildman–Crippen LogP) is 2.49. The maximum absolute atomic E-state index is 6.00. The molecule has 1 aliphatic heterocycles. The highest BCUT2D eigenvalue weighted by Gasteiger charge is 2.11. The van der Waals surface area contributed by atoms with Gasteiger partial charge in [-0.05, 0) is 23.6 Å². The Morgan fingerprint density at radius 3 is 2.50 bits per heavy atom. The molecule has 0 aromatic heterocycles. The van der Waals surface area contributed by atoms with E-state index in [9.17, 15) is 0 Å². The quantitative estimate of drug-likeness (QED) is 0.453. The highest BCUT2D eigenvalue weighted by molar-refractivity contribution is 14.0. The summed E-state index contributed by atoms with van der Waals surface area (Å²) < 4.78 is 11.0. The number of hydrogen-bond donors (Lipinski definition) is 1. The molecule has 1 aromatic carbocycles. The third-order valence-electron chi connectivity index (χ3n) is 3.27. The van der Waals surface area contributed by atoms with Crippen LogP contribution in [0.3, 0.4) is 0 Å². The third-order valence-corrected chi connectivity index (χ3v) is 3.27. The van der Waals surface area contributed by atoms with Crippen molar-refractivity contribution in [1.82, 2.24) is 4.90 Å². The van der Waals surface area contributed by atoms with Crippen molar-refractivity contribution < 1.29 is 9.47 Å². The molecule has 1 saturated heterocycles. The molecule has 0 unspecified atom stereocenters. The van der Waals surface area contributed by atoms with Crippen molar-refractivity contribution in [2.45, 2.75) is 20.4 Å². The van der Waals surface area contributed by atoms with Gasteiger partial charge in [0.15, 0.2) is 5.96 Å². The van der Waals surface area contributed by atoms with Gasteiger partial charge in [0.25, 0.3) is 0 Å². The van der Waals surface area contributed by atoms with Crippen molar-refractivity contribution in [3.63, 3.8) is 0 Å². The van der Waals surface area contributed by atoms with E-state index in [-0.39, 0.29) is 24.0 Å². The minimum atomic E-state index is 0. The van der Waals surface area contributed by atoms with E-state index in [2.05, 4.69) is 23.7 Å². The highest BCUT2D eigenvalue weighted by atomic mass is 127. The van der Waals surface area contributed by atoms with Gasteiger partial charge in [-0.2, -0.15) is 0 Å². The molecule has 2 rings (SSSR count). The van der Waals surface area contributed by atoms with Crippen LogP contribution >= 0.6 is 24.0 Å². The Morgan fingerprint density at radius 2 is 1.91 bits per heavy atom. The minimum absolute atomic E-state index is 0. The van der Waals surface area contributed by atoms with E-state index < -0.39 is 0 Å². The second kappa shape index (κ2) is 9.89. The van der Waals surface area contributed by atoms with Crippen molar-refractivity contribution in [2.75, 3.05) is 32.9 Å². The topological polar surface area (TPSA) is 60.1 Å². The maximum Gasteiger partial charge on any atom is 0.191 e. The smallest absolute Gasteiger partial charge is 0.191 e. The van der Waals surface area contributed by atoms with Gasteiger partial charge >= 0.3 is 0 Å². The zero-order valence-corrected chi connectivity index (χ0v) is 15.7. The zero-order valence-electron chi connectivity index (χ0n) is 13.3. The Hall–Kier alpha value is -1.02. The number of aliphatic imine (C=N–C) groups is 1. The maximum atomic E-state index is 6.00. The van der Waals surface area contributed by atoms with E-state index in [1.807, 2.05) is 24.3 Å². The van der Waals surface area contributed by atoms with Crippen molar-refractivity contribution in [3.05, 3.63) is 29.8 Å². The fraction of sp³-hybridized carbons (Fsp3) is 0.562. The van der Waals surface area contributed by atoms with Crippen LogP contribution < -0.4 is 10.5 Å². The fourth-order valence-corrected chi connectivity index (χ4v) is 2.02. The molecule has 0 spiro atoms. The van der Waals surface area contributed by atoms with E-state index in [1.54, 1.807) is 0 Å². The van der Waals surface area contributed by atoms with Crippen LogP contribution in [0.5, 0.6) is 5.75 Å². The monoisotopic (exact) mass is 419 g/mol. The van der Waals surface area contributed by atoms with Gasteiger partial charge in [0.1, 0.15) is 5.75 Å². The van der Waals surface area contributed by atoms with Gasteiger partial charge in [-0.3, -0.25) is 0 Å². The first-order valence-electron chi connectivity index (χ1n) is 7.49. The average Bonchev–Trinajstić information content (AvgIpc) is 2.52. The molecule has 0 atom stereocenters. The van der Waals surface area contributed by atoms with E-state index in [1.165, 1.54) is 0 Å². The van der Waals surface area contributed by atoms with E-state index in [4.69, 9.17) is 15.2 Å². The molecule has 124 valence electrons. The van der Waals surface area contributed by atoms with Gasteiger partial charge < -0.3 is 20.1 Å². The van der Waals surface area contributed by atoms with Crippen LogP contribution in [0.15, 0.2) is 29.3 Å². The van der Waals surface area contributed by atoms with E-state index in [0.29, 0.717) is 18.4 Å². The molecule has 0 bridgehead atoms. The molecule has 1 fully saturated rings. The molecule has 2 N–H and O–H groups in total. The summed E-state index contributed by atoms with van der Waals surface area (Å²) in [4.78, 5) is 6.51. The van der Waals surface area contributed by atoms with Gasteiger partial charge in [0.2, 0.25) is 0 Å². The number of ether oxygens (including phenoxy) is 2. The summed E-state index contributed by atoms with van der Waals surface area (Å²) in [5, 5.41) is 0. The number of benzene rings is 1. The van der Waals surface area contributed by atoms with Crippen LogP contribution in [-0.2, 0) is 11.3 Å². The number of nitrogens with two attached hydrogens (primary N) is 1. The van der Waals surface area contributed by atoms with Crippen LogP contribution in [0.2, 0.25) is 0 Å². The Morgan fingerprint density at radius 1 is 1.27 bits per heavy atom. The van der Waals surface area contributed by atoms with E-state index >= 15 is 0 Å². The summed E-state index contributed by atoms with van der Waals surface area (Å²) in [6, 6.07) is 8.04.